The van der Waals surface area contributed by atoms with Crippen LogP contribution in [0.3, 0.4) is 0 Å². The maximum Gasteiger partial charge on any atom is 0.342 e. The van der Waals surface area contributed by atoms with Gasteiger partial charge in [0.15, 0.2) is 6.61 Å². The van der Waals surface area contributed by atoms with Gasteiger partial charge in [-0.1, -0.05) is 0 Å². The molecule has 150 valence electrons. The molecule has 0 aliphatic carbocycles. The van der Waals surface area contributed by atoms with Crippen LogP contribution >= 0.6 is 0 Å². The Balaban J connectivity index is 1.55. The molecule has 1 aliphatic rings. The van der Waals surface area contributed by atoms with E-state index in [2.05, 4.69) is 5.32 Å². The maximum absolute atomic E-state index is 12.6. The molecule has 2 heterocycles. The Hall–Kier alpha value is -2.69. The van der Waals surface area contributed by atoms with E-state index in [1.165, 1.54) is 40.9 Å². The third kappa shape index (κ3) is 4.58. The third-order valence-corrected chi connectivity index (χ3v) is 6.07. The van der Waals surface area contributed by atoms with Crippen molar-refractivity contribution in [2.75, 3.05) is 38.2 Å². The van der Waals surface area contributed by atoms with Crippen molar-refractivity contribution in [1.29, 1.82) is 0 Å². The maximum atomic E-state index is 12.6. The smallest absolute Gasteiger partial charge is 0.342 e. The number of hydrogen-bond acceptors (Lipinski definition) is 7. The van der Waals surface area contributed by atoms with E-state index in [1.807, 2.05) is 0 Å². The molecule has 1 amide bonds. The van der Waals surface area contributed by atoms with Crippen molar-refractivity contribution in [1.82, 2.24) is 4.31 Å². The highest BCUT2D eigenvalue weighted by Gasteiger charge is 2.26. The van der Waals surface area contributed by atoms with E-state index in [4.69, 9.17) is 13.9 Å². The fourth-order valence-corrected chi connectivity index (χ4v) is 4.06. The normalized spacial score (nSPS) is 15.2. The summed E-state index contributed by atoms with van der Waals surface area (Å²) in [7, 11) is -3.60. The number of furan rings is 1. The quantitative estimate of drug-likeness (QED) is 0.719. The number of aryl methyl sites for hydroxylation is 1. The van der Waals surface area contributed by atoms with Gasteiger partial charge in [-0.3, -0.25) is 4.79 Å². The van der Waals surface area contributed by atoms with Gasteiger partial charge in [-0.2, -0.15) is 4.31 Å². The fourth-order valence-electron chi connectivity index (χ4n) is 2.65. The van der Waals surface area contributed by atoms with Gasteiger partial charge in [0.05, 0.1) is 24.4 Å². The average Bonchev–Trinajstić information content (AvgIpc) is 3.13. The molecular weight excluding hydrogens is 388 g/mol. The molecule has 1 saturated heterocycles. The van der Waals surface area contributed by atoms with E-state index in [1.54, 1.807) is 6.92 Å². The lowest BCUT2D eigenvalue weighted by Gasteiger charge is -2.26. The highest BCUT2D eigenvalue weighted by molar-refractivity contribution is 7.89. The minimum absolute atomic E-state index is 0.134. The van der Waals surface area contributed by atoms with Crippen molar-refractivity contribution < 1.29 is 31.9 Å². The van der Waals surface area contributed by atoms with E-state index in [9.17, 15) is 18.0 Å². The molecule has 1 aromatic carbocycles. The monoisotopic (exact) mass is 408 g/mol. The molecule has 3 rings (SSSR count). The Morgan fingerprint density at radius 3 is 2.43 bits per heavy atom. The first-order valence-electron chi connectivity index (χ1n) is 8.57. The van der Waals surface area contributed by atoms with E-state index in [0.29, 0.717) is 37.8 Å². The summed E-state index contributed by atoms with van der Waals surface area (Å²) in [6, 6.07) is 7.26. The zero-order valence-electron chi connectivity index (χ0n) is 15.2. The second kappa shape index (κ2) is 8.55. The molecule has 1 aliphatic heterocycles. The number of carbonyl (C=O) groups is 2. The predicted octanol–water partition coefficient (Wildman–Crippen LogP) is 1.40. The number of sulfonamides is 1. The van der Waals surface area contributed by atoms with Crippen molar-refractivity contribution in [3.63, 3.8) is 0 Å². The zero-order valence-corrected chi connectivity index (χ0v) is 16.0. The number of amides is 1. The standard InChI is InChI=1S/C18H20N2O7S/c1-13-16(6-9-26-13)18(22)27-12-17(21)19-14-2-4-15(5-3-14)28(23,24)20-7-10-25-11-8-20/h2-6,9H,7-8,10-12H2,1H3,(H,19,21). The van der Waals surface area contributed by atoms with Gasteiger partial charge in [-0.05, 0) is 37.3 Å². The number of hydrogen-bond donors (Lipinski definition) is 1. The topological polar surface area (TPSA) is 115 Å². The summed E-state index contributed by atoms with van der Waals surface area (Å²) < 4.78 is 41.6. The number of nitrogens with zero attached hydrogens (tertiary/aromatic N) is 1. The lowest BCUT2D eigenvalue weighted by molar-refractivity contribution is -0.119. The second-order valence-electron chi connectivity index (χ2n) is 6.06. The minimum Gasteiger partial charge on any atom is -0.469 e. The molecule has 2 aromatic rings. The Labute approximate surface area is 162 Å². The lowest BCUT2D eigenvalue weighted by Crippen LogP contribution is -2.40. The predicted molar refractivity (Wildman–Crippen MR) is 98.4 cm³/mol. The van der Waals surface area contributed by atoms with Gasteiger partial charge in [-0.15, -0.1) is 0 Å². The summed E-state index contributed by atoms with van der Waals surface area (Å²) in [6.45, 7) is 2.49. The molecule has 10 heteroatoms. The third-order valence-electron chi connectivity index (χ3n) is 4.16. The van der Waals surface area contributed by atoms with E-state index in [0.717, 1.165) is 0 Å². The summed E-state index contributed by atoms with van der Waals surface area (Å²) in [5.74, 6) is -0.797. The number of morpholine rings is 1. The number of anilines is 1. The van der Waals surface area contributed by atoms with Crippen LogP contribution in [0.25, 0.3) is 0 Å². The Kier molecular flexibility index (Phi) is 6.12. The Morgan fingerprint density at radius 1 is 1.14 bits per heavy atom. The van der Waals surface area contributed by atoms with Crippen LogP contribution in [0.4, 0.5) is 5.69 Å². The first kappa shape index (κ1) is 20.1. The van der Waals surface area contributed by atoms with Gasteiger partial charge < -0.3 is 19.2 Å². The van der Waals surface area contributed by atoms with Gasteiger partial charge in [0, 0.05) is 18.8 Å². The molecule has 0 unspecified atom stereocenters. The highest BCUT2D eigenvalue weighted by Crippen LogP contribution is 2.19. The summed E-state index contributed by atoms with van der Waals surface area (Å²) in [5, 5.41) is 2.55. The summed E-state index contributed by atoms with van der Waals surface area (Å²) in [4.78, 5) is 23.9. The van der Waals surface area contributed by atoms with Crippen LogP contribution in [0.2, 0.25) is 0 Å². The van der Waals surface area contributed by atoms with Crippen LogP contribution in [-0.2, 0) is 24.3 Å². The van der Waals surface area contributed by atoms with Crippen LogP contribution in [0.15, 0.2) is 45.9 Å². The van der Waals surface area contributed by atoms with Gasteiger partial charge in [0.2, 0.25) is 10.0 Å². The summed E-state index contributed by atoms with van der Waals surface area (Å²) in [5.41, 5.74) is 0.645. The van der Waals surface area contributed by atoms with Gasteiger partial charge in [-0.25, -0.2) is 13.2 Å². The molecule has 0 radical (unpaired) electrons. The number of carbonyl (C=O) groups excluding carboxylic acids is 2. The highest BCUT2D eigenvalue weighted by atomic mass is 32.2. The molecule has 28 heavy (non-hydrogen) atoms. The molecular formula is C18H20N2O7S. The van der Waals surface area contributed by atoms with Crippen molar-refractivity contribution in [3.8, 4) is 0 Å². The number of esters is 1. The van der Waals surface area contributed by atoms with E-state index >= 15 is 0 Å². The van der Waals surface area contributed by atoms with Crippen LogP contribution in [0.1, 0.15) is 16.1 Å². The Bertz CT molecular complexity index is 945. The van der Waals surface area contributed by atoms with Crippen LogP contribution in [0, 0.1) is 6.92 Å². The zero-order chi connectivity index (χ0) is 20.1. The van der Waals surface area contributed by atoms with Crippen LogP contribution < -0.4 is 5.32 Å². The minimum atomic E-state index is -3.60. The number of rotatable bonds is 6. The summed E-state index contributed by atoms with van der Waals surface area (Å²) >= 11 is 0. The largest absolute Gasteiger partial charge is 0.469 e. The fraction of sp³-hybridized carbons (Fsp3) is 0.333. The number of ether oxygens (including phenoxy) is 2. The molecule has 1 fully saturated rings. The molecule has 9 nitrogen and oxygen atoms in total. The van der Waals surface area contributed by atoms with Gasteiger partial charge in [0.1, 0.15) is 11.3 Å². The van der Waals surface area contributed by atoms with Crippen molar-refractivity contribution in [3.05, 3.63) is 47.9 Å². The lowest BCUT2D eigenvalue weighted by atomic mass is 10.3. The molecule has 0 spiro atoms. The first-order chi connectivity index (χ1) is 13.4. The molecule has 0 atom stereocenters. The molecule has 1 N–H and O–H groups in total. The number of nitrogens with one attached hydrogen (secondary N) is 1. The SMILES string of the molecule is Cc1occc1C(=O)OCC(=O)Nc1ccc(S(=O)(=O)N2CCOCC2)cc1. The Morgan fingerprint density at radius 2 is 1.82 bits per heavy atom. The van der Waals surface area contributed by atoms with E-state index < -0.39 is 28.5 Å². The molecule has 0 saturated carbocycles. The van der Waals surface area contributed by atoms with Gasteiger partial charge >= 0.3 is 5.97 Å². The second-order valence-corrected chi connectivity index (χ2v) is 7.99. The van der Waals surface area contributed by atoms with Crippen LogP contribution in [-0.4, -0.2) is 57.5 Å². The van der Waals surface area contributed by atoms with E-state index in [-0.39, 0.29) is 10.5 Å². The van der Waals surface area contributed by atoms with Crippen molar-refractivity contribution in [2.45, 2.75) is 11.8 Å². The average molecular weight is 408 g/mol. The molecule has 1 aromatic heterocycles. The van der Waals surface area contributed by atoms with Crippen molar-refractivity contribution in [2.24, 2.45) is 0 Å². The van der Waals surface area contributed by atoms with Gasteiger partial charge in [0.25, 0.3) is 5.91 Å². The first-order valence-corrected chi connectivity index (χ1v) is 10.0. The summed E-state index contributed by atoms with van der Waals surface area (Å²) in [6.07, 6.45) is 1.36. The number of benzene rings is 1. The van der Waals surface area contributed by atoms with Crippen LogP contribution in [0.5, 0.6) is 0 Å². The van der Waals surface area contributed by atoms with Crippen molar-refractivity contribution >= 4 is 27.6 Å². The molecule has 0 bridgehead atoms.